The van der Waals surface area contributed by atoms with Gasteiger partial charge in [-0.2, -0.15) is 0 Å². The molecule has 108 valence electrons. The van der Waals surface area contributed by atoms with Crippen LogP contribution in [0.3, 0.4) is 0 Å². The van der Waals surface area contributed by atoms with Crippen molar-refractivity contribution in [2.45, 2.75) is 31.3 Å². The second-order valence-corrected chi connectivity index (χ2v) is 6.07. The molecule has 0 radical (unpaired) electrons. The third-order valence-electron chi connectivity index (χ3n) is 3.97. The van der Waals surface area contributed by atoms with Crippen LogP contribution >= 0.6 is 24.0 Å². The first-order valence-corrected chi connectivity index (χ1v) is 7.03. The lowest BCUT2D eigenvalue weighted by molar-refractivity contribution is -0.0618. The maximum Gasteiger partial charge on any atom is 0.0936 e. The molecular weight excluding hydrogens is 281 g/mol. The number of nitrogens with zero attached hydrogens (tertiary/aromatic N) is 1. The molecule has 2 unspecified atom stereocenters. The first-order valence-electron chi connectivity index (χ1n) is 6.65. The van der Waals surface area contributed by atoms with Crippen LogP contribution in [0.5, 0.6) is 0 Å². The summed E-state index contributed by atoms with van der Waals surface area (Å²) in [5.41, 5.74) is 0.325. The molecule has 1 fully saturated rings. The maximum absolute atomic E-state index is 11.1. The largest absolute Gasteiger partial charge is 0.385 e. The molecule has 0 amide bonds. The van der Waals surface area contributed by atoms with Gasteiger partial charge in [-0.15, -0.1) is 12.4 Å². The molecule has 1 aliphatic carbocycles. The molecular formula is C15H23Cl2NO. The molecule has 1 N–H and O–H groups in total. The van der Waals surface area contributed by atoms with Gasteiger partial charge in [0.1, 0.15) is 0 Å². The summed E-state index contributed by atoms with van der Waals surface area (Å²) in [5.74, 6) is 0.308. The normalized spacial score (nSPS) is 27.1. The van der Waals surface area contributed by atoms with E-state index in [0.717, 1.165) is 36.4 Å². The topological polar surface area (TPSA) is 23.5 Å². The van der Waals surface area contributed by atoms with E-state index in [1.165, 1.54) is 6.42 Å². The van der Waals surface area contributed by atoms with Crippen molar-refractivity contribution in [1.29, 1.82) is 0 Å². The third kappa shape index (κ3) is 3.85. The van der Waals surface area contributed by atoms with Crippen LogP contribution in [-0.4, -0.2) is 30.6 Å². The predicted octanol–water partition coefficient (Wildman–Crippen LogP) is 3.70. The summed E-state index contributed by atoms with van der Waals surface area (Å²) in [7, 11) is 4.13. The Kier molecular flexibility index (Phi) is 6.13. The summed E-state index contributed by atoms with van der Waals surface area (Å²) in [6, 6.07) is 7.68. The second kappa shape index (κ2) is 6.94. The Morgan fingerprint density at radius 2 is 1.89 bits per heavy atom. The summed E-state index contributed by atoms with van der Waals surface area (Å²) >= 11 is 5.93. The van der Waals surface area contributed by atoms with Crippen LogP contribution < -0.4 is 0 Å². The van der Waals surface area contributed by atoms with Crippen molar-refractivity contribution in [2.75, 3.05) is 20.6 Å². The smallest absolute Gasteiger partial charge is 0.0936 e. The van der Waals surface area contributed by atoms with Crippen molar-refractivity contribution >= 4 is 24.0 Å². The number of hydrogen-bond acceptors (Lipinski definition) is 2. The number of rotatable bonds is 3. The Bertz CT molecular complexity index is 394. The highest BCUT2D eigenvalue weighted by molar-refractivity contribution is 6.30. The van der Waals surface area contributed by atoms with Gasteiger partial charge >= 0.3 is 0 Å². The van der Waals surface area contributed by atoms with Crippen molar-refractivity contribution in [3.63, 3.8) is 0 Å². The summed E-state index contributed by atoms with van der Waals surface area (Å²) in [6.07, 6.45) is 4.27. The maximum atomic E-state index is 11.1. The van der Waals surface area contributed by atoms with Gasteiger partial charge in [0.05, 0.1) is 5.60 Å². The van der Waals surface area contributed by atoms with Gasteiger partial charge in [-0.3, -0.25) is 0 Å². The van der Waals surface area contributed by atoms with Gasteiger partial charge in [0, 0.05) is 17.5 Å². The fraction of sp³-hybridized carbons (Fsp3) is 0.600. The SMILES string of the molecule is CN(C)CC1CCCCC1(O)c1ccc(Cl)cc1.Cl. The first kappa shape index (κ1) is 16.8. The first-order chi connectivity index (χ1) is 8.52. The molecule has 2 atom stereocenters. The highest BCUT2D eigenvalue weighted by atomic mass is 35.5. The minimum Gasteiger partial charge on any atom is -0.385 e. The summed E-state index contributed by atoms with van der Waals surface area (Å²) in [6.45, 7) is 0.930. The van der Waals surface area contributed by atoms with Crippen LogP contribution in [0.4, 0.5) is 0 Å². The minimum absolute atomic E-state index is 0. The molecule has 4 heteroatoms. The van der Waals surface area contributed by atoms with Crippen molar-refractivity contribution in [1.82, 2.24) is 4.90 Å². The van der Waals surface area contributed by atoms with Crippen molar-refractivity contribution in [3.05, 3.63) is 34.9 Å². The quantitative estimate of drug-likeness (QED) is 0.920. The standard InChI is InChI=1S/C15H22ClNO.ClH/c1-17(2)11-13-5-3-4-10-15(13,18)12-6-8-14(16)9-7-12;/h6-9,13,18H,3-5,10-11H2,1-2H3;1H. The van der Waals surface area contributed by atoms with Crippen molar-refractivity contribution in [3.8, 4) is 0 Å². The molecule has 0 spiro atoms. The molecule has 0 aliphatic heterocycles. The van der Waals surface area contributed by atoms with Gasteiger partial charge < -0.3 is 10.0 Å². The zero-order chi connectivity index (χ0) is 13.2. The zero-order valence-corrected chi connectivity index (χ0v) is 13.2. The fourth-order valence-electron chi connectivity index (χ4n) is 3.03. The van der Waals surface area contributed by atoms with E-state index in [4.69, 9.17) is 11.6 Å². The summed E-state index contributed by atoms with van der Waals surface area (Å²) in [5, 5.41) is 11.8. The predicted molar refractivity (Wildman–Crippen MR) is 83.1 cm³/mol. The molecule has 0 aromatic heterocycles. The van der Waals surface area contributed by atoms with Gasteiger partial charge in [0.25, 0.3) is 0 Å². The lowest BCUT2D eigenvalue weighted by Crippen LogP contribution is -2.43. The molecule has 1 saturated carbocycles. The van der Waals surface area contributed by atoms with E-state index in [1.807, 2.05) is 24.3 Å². The average molecular weight is 304 g/mol. The van der Waals surface area contributed by atoms with Crippen molar-refractivity contribution in [2.24, 2.45) is 5.92 Å². The van der Waals surface area contributed by atoms with Crippen LogP contribution in [-0.2, 0) is 5.60 Å². The van der Waals surface area contributed by atoms with Gasteiger partial charge in [0.15, 0.2) is 0 Å². The van der Waals surface area contributed by atoms with E-state index in [1.54, 1.807) is 0 Å². The highest BCUT2D eigenvalue weighted by Crippen LogP contribution is 2.42. The Morgan fingerprint density at radius 1 is 1.26 bits per heavy atom. The third-order valence-corrected chi connectivity index (χ3v) is 4.22. The van der Waals surface area contributed by atoms with E-state index in [0.29, 0.717) is 5.92 Å². The Balaban J connectivity index is 0.00000180. The zero-order valence-electron chi connectivity index (χ0n) is 11.6. The second-order valence-electron chi connectivity index (χ2n) is 5.64. The number of benzene rings is 1. The van der Waals surface area contributed by atoms with Crippen LogP contribution in [0.25, 0.3) is 0 Å². The molecule has 1 aliphatic rings. The molecule has 2 rings (SSSR count). The Hall–Kier alpha value is -0.280. The molecule has 1 aromatic rings. The molecule has 1 aromatic carbocycles. The van der Waals surface area contributed by atoms with Crippen LogP contribution in [0, 0.1) is 5.92 Å². The van der Waals surface area contributed by atoms with E-state index in [2.05, 4.69) is 19.0 Å². The molecule has 19 heavy (non-hydrogen) atoms. The highest BCUT2D eigenvalue weighted by Gasteiger charge is 2.40. The summed E-state index contributed by atoms with van der Waals surface area (Å²) in [4.78, 5) is 2.16. The lowest BCUT2D eigenvalue weighted by Gasteiger charge is -2.41. The lowest BCUT2D eigenvalue weighted by atomic mass is 9.71. The Morgan fingerprint density at radius 3 is 2.47 bits per heavy atom. The van der Waals surface area contributed by atoms with Gasteiger partial charge in [-0.25, -0.2) is 0 Å². The number of halogens is 2. The fourth-order valence-corrected chi connectivity index (χ4v) is 3.16. The molecule has 2 nitrogen and oxygen atoms in total. The van der Waals surface area contributed by atoms with Crippen LogP contribution in [0.2, 0.25) is 5.02 Å². The van der Waals surface area contributed by atoms with Gasteiger partial charge in [0.2, 0.25) is 0 Å². The van der Waals surface area contributed by atoms with Crippen LogP contribution in [0.1, 0.15) is 31.2 Å². The average Bonchev–Trinajstić information content (AvgIpc) is 2.32. The van der Waals surface area contributed by atoms with E-state index >= 15 is 0 Å². The molecule has 0 heterocycles. The number of hydrogen-bond donors (Lipinski definition) is 1. The van der Waals surface area contributed by atoms with Crippen LogP contribution in [0.15, 0.2) is 24.3 Å². The van der Waals surface area contributed by atoms with E-state index in [-0.39, 0.29) is 12.4 Å². The molecule has 0 saturated heterocycles. The van der Waals surface area contributed by atoms with Crippen molar-refractivity contribution < 1.29 is 5.11 Å². The van der Waals surface area contributed by atoms with E-state index in [9.17, 15) is 5.11 Å². The number of aliphatic hydroxyl groups is 1. The van der Waals surface area contributed by atoms with E-state index < -0.39 is 5.60 Å². The Labute approximate surface area is 127 Å². The van der Waals surface area contributed by atoms with Gasteiger partial charge in [-0.05, 0) is 44.6 Å². The summed E-state index contributed by atoms with van der Waals surface area (Å²) < 4.78 is 0. The monoisotopic (exact) mass is 303 g/mol. The minimum atomic E-state index is -0.687. The van der Waals surface area contributed by atoms with Gasteiger partial charge in [-0.1, -0.05) is 36.6 Å². The molecule has 0 bridgehead atoms.